The molecule has 1 aliphatic rings. The number of alkyl halides is 2. The molecule has 0 bridgehead atoms. The van der Waals surface area contributed by atoms with Crippen LogP contribution in [0.2, 0.25) is 0 Å². The number of nitrogens with two attached hydrogens (primary N) is 1. The standard InChI is InChI=1S/C14H19F2N3/c15-14(16,12-4-2-1-3-5-12)10-19-8-6-11(7-9-19)13(17)18/h1-5,11H,6-10H2,(H3,17,18). The largest absolute Gasteiger partial charge is 0.387 e. The molecular formula is C14H19F2N3. The van der Waals surface area contributed by atoms with Gasteiger partial charge in [-0.1, -0.05) is 30.3 Å². The summed E-state index contributed by atoms with van der Waals surface area (Å²) < 4.78 is 28.2. The van der Waals surface area contributed by atoms with Crippen LogP contribution in [0.4, 0.5) is 8.78 Å². The lowest BCUT2D eigenvalue weighted by Crippen LogP contribution is -2.43. The Bertz CT molecular complexity index is 426. The molecule has 0 saturated carbocycles. The third-order valence-electron chi connectivity index (χ3n) is 3.65. The van der Waals surface area contributed by atoms with Gasteiger partial charge in [-0.05, 0) is 25.9 Å². The second-order valence-corrected chi connectivity index (χ2v) is 5.08. The number of hydrogen-bond donors (Lipinski definition) is 2. The summed E-state index contributed by atoms with van der Waals surface area (Å²) in [7, 11) is 0. The highest BCUT2D eigenvalue weighted by Gasteiger charge is 2.35. The van der Waals surface area contributed by atoms with Crippen LogP contribution in [-0.2, 0) is 5.92 Å². The summed E-state index contributed by atoms with van der Waals surface area (Å²) in [6.45, 7) is 0.890. The first-order valence-electron chi connectivity index (χ1n) is 6.48. The number of rotatable bonds is 4. The highest BCUT2D eigenvalue weighted by molar-refractivity contribution is 5.79. The summed E-state index contributed by atoms with van der Waals surface area (Å²) in [4.78, 5) is 1.76. The predicted octanol–water partition coefficient (Wildman–Crippen LogP) is 2.43. The molecule has 2 rings (SSSR count). The average molecular weight is 267 g/mol. The Morgan fingerprint density at radius 1 is 1.26 bits per heavy atom. The van der Waals surface area contributed by atoms with Crippen LogP contribution in [0.1, 0.15) is 18.4 Å². The zero-order valence-corrected chi connectivity index (χ0v) is 10.8. The van der Waals surface area contributed by atoms with Crippen LogP contribution in [0, 0.1) is 11.3 Å². The van der Waals surface area contributed by atoms with E-state index in [-0.39, 0.29) is 23.9 Å². The van der Waals surface area contributed by atoms with E-state index in [1.165, 1.54) is 12.1 Å². The highest BCUT2D eigenvalue weighted by atomic mass is 19.3. The fraction of sp³-hybridized carbons (Fsp3) is 0.500. The monoisotopic (exact) mass is 267 g/mol. The Hall–Kier alpha value is -1.49. The quantitative estimate of drug-likeness (QED) is 0.650. The zero-order valence-electron chi connectivity index (χ0n) is 10.8. The number of likely N-dealkylation sites (tertiary alicyclic amines) is 1. The number of hydrogen-bond acceptors (Lipinski definition) is 2. The second kappa shape index (κ2) is 5.65. The highest BCUT2D eigenvalue weighted by Crippen LogP contribution is 2.30. The first-order chi connectivity index (χ1) is 8.99. The predicted molar refractivity (Wildman–Crippen MR) is 71.4 cm³/mol. The molecule has 0 aliphatic carbocycles. The molecule has 5 heteroatoms. The van der Waals surface area contributed by atoms with E-state index in [9.17, 15) is 8.78 Å². The molecule has 1 aliphatic heterocycles. The number of amidine groups is 1. The van der Waals surface area contributed by atoms with Crippen molar-refractivity contribution in [1.29, 1.82) is 5.41 Å². The summed E-state index contributed by atoms with van der Waals surface area (Å²) in [6, 6.07) is 7.92. The molecule has 104 valence electrons. The van der Waals surface area contributed by atoms with E-state index in [2.05, 4.69) is 0 Å². The third kappa shape index (κ3) is 3.50. The molecule has 0 aromatic heterocycles. The van der Waals surface area contributed by atoms with E-state index in [0.717, 1.165) is 0 Å². The van der Waals surface area contributed by atoms with Crippen molar-refractivity contribution in [2.75, 3.05) is 19.6 Å². The van der Waals surface area contributed by atoms with Crippen LogP contribution in [0.15, 0.2) is 30.3 Å². The number of benzene rings is 1. The van der Waals surface area contributed by atoms with E-state index in [0.29, 0.717) is 25.9 Å². The minimum Gasteiger partial charge on any atom is -0.387 e. The van der Waals surface area contributed by atoms with Gasteiger partial charge in [-0.3, -0.25) is 10.3 Å². The maximum absolute atomic E-state index is 14.1. The molecule has 19 heavy (non-hydrogen) atoms. The lowest BCUT2D eigenvalue weighted by molar-refractivity contribution is -0.0429. The van der Waals surface area contributed by atoms with Crippen molar-refractivity contribution < 1.29 is 8.78 Å². The van der Waals surface area contributed by atoms with Gasteiger partial charge in [-0.2, -0.15) is 8.78 Å². The summed E-state index contributed by atoms with van der Waals surface area (Å²) in [6.07, 6.45) is 1.39. The minimum atomic E-state index is -2.83. The molecule has 0 unspecified atom stereocenters. The van der Waals surface area contributed by atoms with Gasteiger partial charge in [0.15, 0.2) is 0 Å². The normalized spacial score (nSPS) is 18.4. The summed E-state index contributed by atoms with van der Waals surface area (Å²) >= 11 is 0. The molecule has 0 spiro atoms. The molecule has 0 radical (unpaired) electrons. The van der Waals surface area contributed by atoms with E-state index < -0.39 is 5.92 Å². The van der Waals surface area contributed by atoms with Gasteiger partial charge in [-0.15, -0.1) is 0 Å². The minimum absolute atomic E-state index is 0.0570. The van der Waals surface area contributed by atoms with E-state index in [1.54, 1.807) is 23.1 Å². The Morgan fingerprint density at radius 2 is 1.84 bits per heavy atom. The van der Waals surface area contributed by atoms with Gasteiger partial charge in [0.2, 0.25) is 0 Å². The van der Waals surface area contributed by atoms with Crippen molar-refractivity contribution in [3.63, 3.8) is 0 Å². The van der Waals surface area contributed by atoms with Gasteiger partial charge < -0.3 is 5.73 Å². The summed E-state index contributed by atoms with van der Waals surface area (Å²) in [5.41, 5.74) is 5.51. The molecule has 1 fully saturated rings. The first kappa shape index (κ1) is 13.9. The molecule has 1 aromatic rings. The average Bonchev–Trinajstić information content (AvgIpc) is 2.40. The topological polar surface area (TPSA) is 53.1 Å². The Labute approximate surface area is 111 Å². The van der Waals surface area contributed by atoms with Crippen LogP contribution in [0.3, 0.4) is 0 Å². The lowest BCUT2D eigenvalue weighted by atomic mass is 9.95. The van der Waals surface area contributed by atoms with Crippen LogP contribution in [0.5, 0.6) is 0 Å². The van der Waals surface area contributed by atoms with Gasteiger partial charge in [0, 0.05) is 11.5 Å². The lowest BCUT2D eigenvalue weighted by Gasteiger charge is -2.33. The zero-order chi connectivity index (χ0) is 13.9. The van der Waals surface area contributed by atoms with E-state index in [4.69, 9.17) is 11.1 Å². The van der Waals surface area contributed by atoms with Crippen molar-refractivity contribution in [2.45, 2.75) is 18.8 Å². The Morgan fingerprint density at radius 3 is 2.37 bits per heavy atom. The van der Waals surface area contributed by atoms with Crippen LogP contribution in [-0.4, -0.2) is 30.4 Å². The van der Waals surface area contributed by atoms with Crippen LogP contribution < -0.4 is 5.73 Å². The number of piperidine rings is 1. The molecule has 0 atom stereocenters. The molecule has 3 N–H and O–H groups in total. The molecule has 0 amide bonds. The van der Waals surface area contributed by atoms with Crippen LogP contribution in [0.25, 0.3) is 0 Å². The van der Waals surface area contributed by atoms with Gasteiger partial charge in [0.05, 0.1) is 12.4 Å². The molecule has 1 aromatic carbocycles. The van der Waals surface area contributed by atoms with Crippen molar-refractivity contribution in [3.8, 4) is 0 Å². The number of halogens is 2. The van der Waals surface area contributed by atoms with Crippen LogP contribution >= 0.6 is 0 Å². The summed E-state index contributed by atoms with van der Waals surface area (Å²) in [5, 5.41) is 7.38. The molecule has 3 nitrogen and oxygen atoms in total. The molecule has 1 saturated heterocycles. The maximum Gasteiger partial charge on any atom is 0.285 e. The SMILES string of the molecule is N=C(N)C1CCN(CC(F)(F)c2ccccc2)CC1. The van der Waals surface area contributed by atoms with Gasteiger partial charge >= 0.3 is 0 Å². The van der Waals surface area contributed by atoms with E-state index in [1.807, 2.05) is 0 Å². The second-order valence-electron chi connectivity index (χ2n) is 5.08. The van der Waals surface area contributed by atoms with Crippen molar-refractivity contribution in [3.05, 3.63) is 35.9 Å². The molecular weight excluding hydrogens is 248 g/mol. The number of nitrogens with zero attached hydrogens (tertiary/aromatic N) is 1. The van der Waals surface area contributed by atoms with Gasteiger partial charge in [0.25, 0.3) is 5.92 Å². The number of nitrogens with one attached hydrogen (secondary N) is 1. The van der Waals surface area contributed by atoms with Crippen molar-refractivity contribution >= 4 is 5.84 Å². The third-order valence-corrected chi connectivity index (χ3v) is 3.65. The maximum atomic E-state index is 14.1. The Balaban J connectivity index is 1.93. The van der Waals surface area contributed by atoms with Crippen molar-refractivity contribution in [2.24, 2.45) is 11.7 Å². The Kier molecular flexibility index (Phi) is 4.14. The van der Waals surface area contributed by atoms with Crippen molar-refractivity contribution in [1.82, 2.24) is 4.90 Å². The molecule has 1 heterocycles. The fourth-order valence-corrected chi connectivity index (χ4v) is 2.46. The first-order valence-corrected chi connectivity index (χ1v) is 6.48. The van der Waals surface area contributed by atoms with E-state index >= 15 is 0 Å². The summed E-state index contributed by atoms with van der Waals surface area (Å²) in [5.74, 6) is -2.60. The smallest absolute Gasteiger partial charge is 0.285 e. The van der Waals surface area contributed by atoms with Gasteiger partial charge in [-0.25, -0.2) is 0 Å². The van der Waals surface area contributed by atoms with Gasteiger partial charge in [0.1, 0.15) is 0 Å². The fourth-order valence-electron chi connectivity index (χ4n) is 2.46.